The van der Waals surface area contributed by atoms with Crippen LogP contribution in [0, 0.1) is 0 Å². The molecule has 3 rings (SSSR count). The van der Waals surface area contributed by atoms with Crippen molar-refractivity contribution in [2.75, 3.05) is 6.54 Å². The van der Waals surface area contributed by atoms with E-state index in [0.717, 1.165) is 10.4 Å². The fourth-order valence-electron chi connectivity index (χ4n) is 3.71. The zero-order chi connectivity index (χ0) is 28.3. The van der Waals surface area contributed by atoms with Crippen molar-refractivity contribution in [2.24, 2.45) is 0 Å². The molecule has 12 heteroatoms. The van der Waals surface area contributed by atoms with Crippen LogP contribution in [0.2, 0.25) is 0 Å². The molecule has 39 heavy (non-hydrogen) atoms. The van der Waals surface area contributed by atoms with Gasteiger partial charge >= 0.3 is 18.2 Å². The minimum absolute atomic E-state index is 0.120. The molecule has 0 saturated heterocycles. The lowest BCUT2D eigenvalue weighted by atomic mass is 10.1. The minimum atomic E-state index is -1.04. The van der Waals surface area contributed by atoms with Gasteiger partial charge in [-0.25, -0.2) is 19.1 Å². The molecule has 2 atom stereocenters. The van der Waals surface area contributed by atoms with Crippen molar-refractivity contribution in [1.82, 2.24) is 25.6 Å². The first-order valence-corrected chi connectivity index (χ1v) is 13.6. The second kappa shape index (κ2) is 14.3. The van der Waals surface area contributed by atoms with E-state index in [1.807, 2.05) is 47.8 Å². The van der Waals surface area contributed by atoms with Gasteiger partial charge in [0.15, 0.2) is 6.04 Å². The maximum atomic E-state index is 12.6. The number of nitrogens with zero attached hydrogens (tertiary/aromatic N) is 3. The van der Waals surface area contributed by atoms with E-state index in [9.17, 15) is 19.5 Å². The number of rotatable bonds is 13. The summed E-state index contributed by atoms with van der Waals surface area (Å²) in [6, 6.07) is 11.7. The van der Waals surface area contributed by atoms with Crippen LogP contribution in [0.1, 0.15) is 68.3 Å². The highest BCUT2D eigenvalue weighted by atomic mass is 32.1. The number of carboxylic acid groups (broad SMARTS) is 1. The van der Waals surface area contributed by atoms with Crippen LogP contribution >= 0.6 is 11.3 Å². The van der Waals surface area contributed by atoms with Gasteiger partial charge in [0, 0.05) is 17.8 Å². The lowest BCUT2D eigenvalue weighted by Crippen LogP contribution is -2.33. The van der Waals surface area contributed by atoms with Gasteiger partial charge in [-0.05, 0) is 57.0 Å². The van der Waals surface area contributed by atoms with Crippen LogP contribution in [-0.4, -0.2) is 50.4 Å². The van der Waals surface area contributed by atoms with E-state index < -0.39 is 35.8 Å². The molecule has 0 saturated carbocycles. The molecule has 0 fully saturated rings. The number of hydrogen-bond donors (Lipinski definition) is 3. The summed E-state index contributed by atoms with van der Waals surface area (Å²) in [5.41, 5.74) is 0.704. The molecule has 2 heterocycles. The molecular formula is C27H35N5O6S. The third-order valence-corrected chi connectivity index (χ3v) is 6.45. The first-order valence-electron chi connectivity index (χ1n) is 12.7. The first kappa shape index (κ1) is 29.6. The number of benzene rings is 1. The molecule has 3 aromatic rings. The second-order valence-corrected chi connectivity index (χ2v) is 11.0. The number of aromatic nitrogens is 3. The molecule has 0 aliphatic carbocycles. The van der Waals surface area contributed by atoms with Gasteiger partial charge in [0.1, 0.15) is 17.9 Å². The summed E-state index contributed by atoms with van der Waals surface area (Å²) < 4.78 is 11.9. The Balaban J connectivity index is 1.59. The first-order chi connectivity index (χ1) is 18.6. The fraction of sp³-hybridized carbons (Fsp3) is 0.444. The summed E-state index contributed by atoms with van der Waals surface area (Å²) in [7, 11) is 0. The minimum Gasteiger partial charge on any atom is -0.480 e. The molecular weight excluding hydrogens is 522 g/mol. The van der Waals surface area contributed by atoms with Gasteiger partial charge in [-0.1, -0.05) is 41.6 Å². The van der Waals surface area contributed by atoms with Gasteiger partial charge in [0.05, 0.1) is 12.2 Å². The van der Waals surface area contributed by atoms with E-state index in [2.05, 4.69) is 20.9 Å². The Morgan fingerprint density at radius 1 is 1.08 bits per heavy atom. The zero-order valence-corrected chi connectivity index (χ0v) is 23.1. The molecule has 210 valence electrons. The third-order valence-electron chi connectivity index (χ3n) is 5.55. The van der Waals surface area contributed by atoms with Gasteiger partial charge < -0.3 is 25.2 Å². The second-order valence-electron chi connectivity index (χ2n) is 9.94. The van der Waals surface area contributed by atoms with Crippen LogP contribution in [0.5, 0.6) is 0 Å². The van der Waals surface area contributed by atoms with E-state index in [0.29, 0.717) is 31.5 Å². The monoisotopic (exact) mass is 557 g/mol. The fourth-order valence-corrected chi connectivity index (χ4v) is 4.46. The summed E-state index contributed by atoms with van der Waals surface area (Å²) >= 11 is 1.54. The number of aliphatic carboxylic acids is 1. The van der Waals surface area contributed by atoms with E-state index >= 15 is 0 Å². The topological polar surface area (TPSA) is 145 Å². The van der Waals surface area contributed by atoms with E-state index in [4.69, 9.17) is 9.47 Å². The molecule has 2 amide bonds. The molecule has 0 unspecified atom stereocenters. The summed E-state index contributed by atoms with van der Waals surface area (Å²) in [5.74, 6) is -1.04. The molecule has 1 aromatic carbocycles. The maximum absolute atomic E-state index is 12.6. The Bertz CT molecular complexity index is 1190. The predicted molar refractivity (Wildman–Crippen MR) is 145 cm³/mol. The summed E-state index contributed by atoms with van der Waals surface area (Å²) in [4.78, 5) is 37.4. The van der Waals surface area contributed by atoms with Gasteiger partial charge in [-0.2, -0.15) is 0 Å². The van der Waals surface area contributed by atoms with Crippen LogP contribution < -0.4 is 10.6 Å². The van der Waals surface area contributed by atoms with Crippen molar-refractivity contribution in [1.29, 1.82) is 0 Å². The van der Waals surface area contributed by atoms with Gasteiger partial charge in [-0.15, -0.1) is 16.4 Å². The Morgan fingerprint density at radius 2 is 1.85 bits per heavy atom. The molecule has 3 N–H and O–H groups in total. The van der Waals surface area contributed by atoms with Crippen molar-refractivity contribution in [2.45, 2.75) is 70.7 Å². The summed E-state index contributed by atoms with van der Waals surface area (Å²) in [6.07, 6.45) is 2.27. The highest BCUT2D eigenvalue weighted by molar-refractivity contribution is 7.09. The zero-order valence-electron chi connectivity index (χ0n) is 22.3. The summed E-state index contributed by atoms with van der Waals surface area (Å²) in [6.45, 7) is 5.83. The molecule has 0 bridgehead atoms. The van der Waals surface area contributed by atoms with Crippen LogP contribution in [0.4, 0.5) is 9.59 Å². The maximum Gasteiger partial charge on any atom is 0.408 e. The molecule has 11 nitrogen and oxygen atoms in total. The standard InChI is InChI=1S/C27H35N5O6S/c1-27(2,3)38-25(35)28-14-8-7-13-23(24(33)34)32-17-22(30-31-32)21(16-20-12-9-15-39-20)29-26(36)37-18-19-10-5-4-6-11-19/h4-6,9-12,15,17,21,23H,7-8,13-14,16,18H2,1-3H3,(H,28,35)(H,29,36)(H,33,34)/t21-,23-/m0/s1. The Morgan fingerprint density at radius 3 is 2.51 bits per heavy atom. The molecule has 0 aliphatic heterocycles. The lowest BCUT2D eigenvalue weighted by Gasteiger charge is -2.19. The van der Waals surface area contributed by atoms with Crippen molar-refractivity contribution in [3.05, 3.63) is 70.2 Å². The van der Waals surface area contributed by atoms with Gasteiger partial charge in [0.25, 0.3) is 0 Å². The molecule has 0 spiro atoms. The van der Waals surface area contributed by atoms with Crippen molar-refractivity contribution < 1.29 is 29.0 Å². The number of carbonyl (C=O) groups excluding carboxylic acids is 2. The number of carbonyl (C=O) groups is 3. The van der Waals surface area contributed by atoms with Crippen LogP contribution in [0.25, 0.3) is 0 Å². The van der Waals surface area contributed by atoms with Crippen molar-refractivity contribution in [3.63, 3.8) is 0 Å². The average Bonchev–Trinajstić information content (AvgIpc) is 3.56. The number of hydrogen-bond acceptors (Lipinski definition) is 8. The van der Waals surface area contributed by atoms with Gasteiger partial charge in [0.2, 0.25) is 0 Å². The average molecular weight is 558 g/mol. The highest BCUT2D eigenvalue weighted by Crippen LogP contribution is 2.22. The molecule has 2 aromatic heterocycles. The SMILES string of the molecule is CC(C)(C)OC(=O)NCCCC[C@@H](C(=O)O)n1cc([C@H](Cc2cccs2)NC(=O)OCc2ccccc2)nn1. The predicted octanol–water partition coefficient (Wildman–Crippen LogP) is 4.87. The number of alkyl carbamates (subject to hydrolysis) is 2. The lowest BCUT2D eigenvalue weighted by molar-refractivity contribution is -0.141. The quantitative estimate of drug-likeness (QED) is 0.253. The molecule has 0 radical (unpaired) electrons. The van der Waals surface area contributed by atoms with Crippen molar-refractivity contribution in [3.8, 4) is 0 Å². The summed E-state index contributed by atoms with van der Waals surface area (Å²) in [5, 5.41) is 25.5. The molecule has 0 aliphatic rings. The smallest absolute Gasteiger partial charge is 0.408 e. The van der Waals surface area contributed by atoms with E-state index in [1.165, 1.54) is 4.68 Å². The van der Waals surface area contributed by atoms with Crippen LogP contribution in [0.15, 0.2) is 54.0 Å². The highest BCUT2D eigenvalue weighted by Gasteiger charge is 2.25. The number of unbranched alkanes of at least 4 members (excludes halogenated alkanes) is 1. The van der Waals surface area contributed by atoms with E-state index in [1.54, 1.807) is 38.3 Å². The van der Waals surface area contributed by atoms with Crippen LogP contribution in [-0.2, 0) is 27.3 Å². The number of thiophene rings is 1. The normalized spacial score (nSPS) is 12.8. The number of amides is 2. The van der Waals surface area contributed by atoms with Crippen molar-refractivity contribution >= 4 is 29.5 Å². The Labute approximate surface area is 231 Å². The number of ether oxygens (including phenoxy) is 2. The van der Waals surface area contributed by atoms with Gasteiger partial charge in [-0.3, -0.25) is 0 Å². The number of nitrogens with one attached hydrogen (secondary N) is 2. The third kappa shape index (κ3) is 10.4. The number of carboxylic acids is 1. The van der Waals surface area contributed by atoms with Crippen LogP contribution in [0.3, 0.4) is 0 Å². The Kier molecular flexibility index (Phi) is 10.9. The van der Waals surface area contributed by atoms with E-state index in [-0.39, 0.29) is 13.0 Å². The largest absolute Gasteiger partial charge is 0.480 e. The Hall–Kier alpha value is -3.93.